The summed E-state index contributed by atoms with van der Waals surface area (Å²) in [7, 11) is 0.723. The lowest BCUT2D eigenvalue weighted by Crippen LogP contribution is -2.48. The standard InChI is InChI=1S/C24H21F9N2O4/c1-3-16-10-19(17-9-13(22(25,26)27)4-5-18(17)35(16)20(36)37)34(21(38)39-2)11-12-6-14(23(28,29)30)8-15(7-12)24(31,32)33/h4-9,16,19H,3,10-11H2,1-2H3,(H,36,37)/i1D3,3D2. The topological polar surface area (TPSA) is 70.1 Å². The zero-order chi connectivity index (χ0) is 33.8. The molecule has 2 aromatic carbocycles. The van der Waals surface area contributed by atoms with Crippen molar-refractivity contribution in [3.63, 3.8) is 0 Å². The van der Waals surface area contributed by atoms with E-state index in [0.717, 1.165) is 7.11 Å². The van der Waals surface area contributed by atoms with Crippen LogP contribution in [0.15, 0.2) is 36.4 Å². The zero-order valence-corrected chi connectivity index (χ0v) is 19.5. The van der Waals surface area contributed by atoms with Gasteiger partial charge in [0.2, 0.25) is 0 Å². The first-order valence-corrected chi connectivity index (χ1v) is 10.7. The molecule has 15 heteroatoms. The van der Waals surface area contributed by atoms with Gasteiger partial charge >= 0.3 is 30.7 Å². The van der Waals surface area contributed by atoms with Crippen LogP contribution in [0.4, 0.5) is 54.8 Å². The van der Waals surface area contributed by atoms with Gasteiger partial charge in [0.25, 0.3) is 0 Å². The summed E-state index contributed by atoms with van der Waals surface area (Å²) in [5, 5.41) is 9.88. The molecule has 2 atom stereocenters. The molecule has 39 heavy (non-hydrogen) atoms. The fourth-order valence-corrected chi connectivity index (χ4v) is 4.21. The molecule has 2 aromatic rings. The summed E-state index contributed by atoms with van der Waals surface area (Å²) in [5.74, 6) is 0. The molecule has 1 heterocycles. The van der Waals surface area contributed by atoms with E-state index in [0.29, 0.717) is 23.1 Å². The third kappa shape index (κ3) is 6.33. The number of ether oxygens (including phenoxy) is 1. The van der Waals surface area contributed by atoms with Crippen LogP contribution in [-0.4, -0.2) is 35.3 Å². The van der Waals surface area contributed by atoms with Crippen LogP contribution in [0.25, 0.3) is 0 Å². The van der Waals surface area contributed by atoms with Crippen LogP contribution < -0.4 is 4.90 Å². The second-order valence-electron chi connectivity index (χ2n) is 8.35. The Balaban J connectivity index is 2.34. The second-order valence-corrected chi connectivity index (χ2v) is 8.35. The van der Waals surface area contributed by atoms with Crippen molar-refractivity contribution in [1.82, 2.24) is 4.90 Å². The van der Waals surface area contributed by atoms with Crippen molar-refractivity contribution in [2.45, 2.75) is 56.8 Å². The quantitative estimate of drug-likeness (QED) is 0.378. The predicted octanol–water partition coefficient (Wildman–Crippen LogP) is 7.72. The molecule has 6 nitrogen and oxygen atoms in total. The van der Waals surface area contributed by atoms with E-state index in [1.54, 1.807) is 0 Å². The van der Waals surface area contributed by atoms with Gasteiger partial charge < -0.3 is 9.84 Å². The van der Waals surface area contributed by atoms with E-state index in [-0.39, 0.29) is 23.1 Å². The molecule has 2 amide bonds. The number of halogens is 9. The number of methoxy groups -OCH3 is 1. The normalized spacial score (nSPS) is 20.6. The summed E-state index contributed by atoms with van der Waals surface area (Å²) in [6.07, 6.45) is -23.8. The Hall–Kier alpha value is -3.65. The maximum absolute atomic E-state index is 13.7. The minimum Gasteiger partial charge on any atom is -0.465 e. The van der Waals surface area contributed by atoms with E-state index in [4.69, 9.17) is 6.85 Å². The number of hydrogen-bond donors (Lipinski definition) is 1. The van der Waals surface area contributed by atoms with E-state index in [2.05, 4.69) is 4.74 Å². The molecular formula is C24H21F9N2O4. The number of benzene rings is 2. The molecule has 3 rings (SSSR count). The molecule has 214 valence electrons. The molecule has 1 aliphatic heterocycles. The summed E-state index contributed by atoms with van der Waals surface area (Å²) in [6.45, 7) is -4.76. The van der Waals surface area contributed by atoms with Gasteiger partial charge in [-0.05, 0) is 60.3 Å². The highest BCUT2D eigenvalue weighted by atomic mass is 19.4. The van der Waals surface area contributed by atoms with Crippen molar-refractivity contribution in [2.24, 2.45) is 0 Å². The molecule has 1 N–H and O–H groups in total. The van der Waals surface area contributed by atoms with Gasteiger partial charge in [0.05, 0.1) is 35.5 Å². The third-order valence-electron chi connectivity index (χ3n) is 5.89. The van der Waals surface area contributed by atoms with Gasteiger partial charge in [0, 0.05) is 19.4 Å². The first-order chi connectivity index (χ1) is 19.8. The average Bonchev–Trinajstić information content (AvgIpc) is 2.87. The Morgan fingerprint density at radius 3 is 2.03 bits per heavy atom. The SMILES string of the molecule is [2H]C([2H])([2H])C([2H])([2H])C1CC(N(Cc2cc(C(F)(F)F)cc(C(F)(F)F)c2)C(=O)OC)c2cc(C(F)(F)F)ccc2N1C(=O)O. The van der Waals surface area contributed by atoms with Crippen LogP contribution in [0, 0.1) is 0 Å². The van der Waals surface area contributed by atoms with Crippen molar-refractivity contribution in [1.29, 1.82) is 0 Å². The molecule has 0 radical (unpaired) electrons. The van der Waals surface area contributed by atoms with Gasteiger partial charge in [-0.2, -0.15) is 39.5 Å². The Morgan fingerprint density at radius 2 is 1.56 bits per heavy atom. The summed E-state index contributed by atoms with van der Waals surface area (Å²) in [6, 6.07) is -2.59. The van der Waals surface area contributed by atoms with Crippen LogP contribution in [-0.2, 0) is 29.8 Å². The van der Waals surface area contributed by atoms with Gasteiger partial charge in [-0.3, -0.25) is 9.80 Å². The molecule has 0 spiro atoms. The number of carbonyl (C=O) groups is 2. The molecule has 0 fully saturated rings. The number of rotatable bonds is 4. The number of fused-ring (bicyclic) bond motifs is 1. The lowest BCUT2D eigenvalue weighted by molar-refractivity contribution is -0.143. The Labute approximate surface area is 222 Å². The number of carbonyl (C=O) groups excluding carboxylic acids is 1. The number of hydrogen-bond acceptors (Lipinski definition) is 3. The summed E-state index contributed by atoms with van der Waals surface area (Å²) in [5.41, 5.74) is -7.20. The van der Waals surface area contributed by atoms with Crippen molar-refractivity contribution >= 4 is 17.9 Å². The van der Waals surface area contributed by atoms with Gasteiger partial charge in [-0.15, -0.1) is 0 Å². The Kier molecular flexibility index (Phi) is 6.26. The number of nitrogens with zero attached hydrogens (tertiary/aromatic N) is 2. The van der Waals surface area contributed by atoms with Crippen LogP contribution >= 0.6 is 0 Å². The third-order valence-corrected chi connectivity index (χ3v) is 5.89. The second kappa shape index (κ2) is 10.5. The number of anilines is 1. The maximum atomic E-state index is 13.7. The lowest BCUT2D eigenvalue weighted by atomic mass is 9.87. The molecule has 0 bridgehead atoms. The number of carboxylic acid groups (broad SMARTS) is 1. The van der Waals surface area contributed by atoms with Crippen LogP contribution in [0.5, 0.6) is 0 Å². The molecular weight excluding hydrogens is 551 g/mol. The van der Waals surface area contributed by atoms with Crippen molar-refractivity contribution in [3.05, 3.63) is 64.2 Å². The molecule has 0 saturated heterocycles. The van der Waals surface area contributed by atoms with Crippen molar-refractivity contribution in [3.8, 4) is 0 Å². The molecule has 2 unspecified atom stereocenters. The largest absolute Gasteiger partial charge is 0.465 e. The fraction of sp³-hybridized carbons (Fsp3) is 0.417. The van der Waals surface area contributed by atoms with E-state index >= 15 is 0 Å². The highest BCUT2D eigenvalue weighted by Gasteiger charge is 2.43. The Bertz CT molecular complexity index is 1400. The van der Waals surface area contributed by atoms with Crippen molar-refractivity contribution < 1.29 is 65.8 Å². The smallest absolute Gasteiger partial charge is 0.416 e. The monoisotopic (exact) mass is 577 g/mol. The van der Waals surface area contributed by atoms with E-state index < -0.39 is 102 Å². The molecule has 0 aliphatic carbocycles. The molecule has 0 saturated carbocycles. The Morgan fingerprint density at radius 1 is 1.00 bits per heavy atom. The van der Waals surface area contributed by atoms with Crippen LogP contribution in [0.1, 0.15) is 60.4 Å². The maximum Gasteiger partial charge on any atom is 0.416 e. The predicted molar refractivity (Wildman–Crippen MR) is 118 cm³/mol. The number of amides is 2. The zero-order valence-electron chi connectivity index (χ0n) is 24.5. The lowest BCUT2D eigenvalue weighted by Gasteiger charge is -2.43. The summed E-state index contributed by atoms with van der Waals surface area (Å²) >= 11 is 0. The first-order valence-electron chi connectivity index (χ1n) is 13.2. The van der Waals surface area contributed by atoms with E-state index in [1.807, 2.05) is 0 Å². The average molecular weight is 577 g/mol. The van der Waals surface area contributed by atoms with Crippen LogP contribution in [0.2, 0.25) is 0 Å². The van der Waals surface area contributed by atoms with E-state index in [9.17, 15) is 54.2 Å². The van der Waals surface area contributed by atoms with Gasteiger partial charge in [0.1, 0.15) is 0 Å². The number of alkyl halides is 9. The fourth-order valence-electron chi connectivity index (χ4n) is 4.21. The highest BCUT2D eigenvalue weighted by Crippen LogP contribution is 2.45. The molecule has 1 aliphatic rings. The van der Waals surface area contributed by atoms with Crippen molar-refractivity contribution in [2.75, 3.05) is 12.0 Å². The summed E-state index contributed by atoms with van der Waals surface area (Å²) < 4.78 is 166. The van der Waals surface area contributed by atoms with Gasteiger partial charge in [-0.25, -0.2) is 9.59 Å². The summed E-state index contributed by atoms with van der Waals surface area (Å²) in [4.78, 5) is 25.7. The van der Waals surface area contributed by atoms with Gasteiger partial charge in [-0.1, -0.05) is 6.85 Å². The molecule has 0 aromatic heterocycles. The highest BCUT2D eigenvalue weighted by molar-refractivity contribution is 5.89. The van der Waals surface area contributed by atoms with Crippen LogP contribution in [0.3, 0.4) is 0 Å². The minimum absolute atomic E-state index is 0.153. The minimum atomic E-state index is -5.31. The van der Waals surface area contributed by atoms with Gasteiger partial charge in [0.15, 0.2) is 0 Å². The van der Waals surface area contributed by atoms with E-state index in [1.165, 1.54) is 0 Å². The first kappa shape index (κ1) is 23.3.